The molecule has 0 aromatic heterocycles. The fourth-order valence-electron chi connectivity index (χ4n) is 1.59. The van der Waals surface area contributed by atoms with Gasteiger partial charge in [0.1, 0.15) is 6.04 Å². The van der Waals surface area contributed by atoms with Gasteiger partial charge in [-0.1, -0.05) is 0 Å². The third-order valence-electron chi connectivity index (χ3n) is 2.25. The minimum atomic E-state index is -0.939. The van der Waals surface area contributed by atoms with Crippen LogP contribution < -0.4 is 0 Å². The number of nitriles is 1. The van der Waals surface area contributed by atoms with Gasteiger partial charge in [-0.05, 0) is 12.8 Å². The Balaban J connectivity index is 2.45. The molecule has 1 atom stereocenters. The molecule has 1 aliphatic heterocycles. The van der Waals surface area contributed by atoms with Crippen molar-refractivity contribution < 1.29 is 14.7 Å². The number of aliphatic carboxylic acids is 1. The number of hydrogen-bond acceptors (Lipinski definition) is 4. The van der Waals surface area contributed by atoms with Gasteiger partial charge >= 0.3 is 5.97 Å². The van der Waals surface area contributed by atoms with E-state index in [0.29, 0.717) is 13.0 Å². The van der Waals surface area contributed by atoms with E-state index in [2.05, 4.69) is 0 Å². The quantitative estimate of drug-likeness (QED) is 0.701. The molecular weight excluding hydrogens is 216 g/mol. The van der Waals surface area contributed by atoms with Crippen molar-refractivity contribution >= 4 is 23.6 Å². The molecule has 1 heterocycles. The molecular formula is C9H12N2O3S. The molecule has 1 rings (SSSR count). The van der Waals surface area contributed by atoms with Crippen molar-refractivity contribution in [1.82, 2.24) is 4.90 Å². The van der Waals surface area contributed by atoms with Crippen LogP contribution in [0.25, 0.3) is 0 Å². The SMILES string of the molecule is N#CCSCC(=O)N1CCC[C@@H]1C(=O)O. The molecule has 6 heteroatoms. The Labute approximate surface area is 92.0 Å². The molecule has 0 spiro atoms. The molecule has 1 fully saturated rings. The average molecular weight is 228 g/mol. The molecule has 0 aromatic rings. The number of carboxylic acids is 1. The van der Waals surface area contributed by atoms with E-state index in [-0.39, 0.29) is 17.4 Å². The Hall–Kier alpha value is -1.22. The van der Waals surface area contributed by atoms with Gasteiger partial charge in [0, 0.05) is 6.54 Å². The van der Waals surface area contributed by atoms with Crippen molar-refractivity contribution in [3.05, 3.63) is 0 Å². The van der Waals surface area contributed by atoms with Gasteiger partial charge in [0.25, 0.3) is 0 Å². The first-order valence-electron chi connectivity index (χ1n) is 4.63. The first-order valence-corrected chi connectivity index (χ1v) is 5.79. The van der Waals surface area contributed by atoms with Crippen molar-refractivity contribution in [3.63, 3.8) is 0 Å². The molecule has 5 nitrogen and oxygen atoms in total. The largest absolute Gasteiger partial charge is 0.480 e. The second kappa shape index (κ2) is 5.61. The summed E-state index contributed by atoms with van der Waals surface area (Å²) in [4.78, 5) is 23.8. The number of thioether (sulfide) groups is 1. The smallest absolute Gasteiger partial charge is 0.326 e. The van der Waals surface area contributed by atoms with Gasteiger partial charge in [-0.2, -0.15) is 5.26 Å². The molecule has 0 bridgehead atoms. The van der Waals surface area contributed by atoms with E-state index in [1.165, 1.54) is 16.7 Å². The molecule has 0 unspecified atom stereocenters. The van der Waals surface area contributed by atoms with Crippen LogP contribution in [0.4, 0.5) is 0 Å². The van der Waals surface area contributed by atoms with Gasteiger partial charge < -0.3 is 10.0 Å². The highest BCUT2D eigenvalue weighted by Crippen LogP contribution is 2.18. The summed E-state index contributed by atoms with van der Waals surface area (Å²) < 4.78 is 0. The number of carboxylic acid groups (broad SMARTS) is 1. The molecule has 1 amide bonds. The van der Waals surface area contributed by atoms with Crippen molar-refractivity contribution in [3.8, 4) is 6.07 Å². The molecule has 82 valence electrons. The van der Waals surface area contributed by atoms with E-state index in [1.807, 2.05) is 6.07 Å². The minimum Gasteiger partial charge on any atom is -0.480 e. The number of nitrogens with zero attached hydrogens (tertiary/aromatic N) is 2. The fourth-order valence-corrected chi connectivity index (χ4v) is 2.12. The van der Waals surface area contributed by atoms with Crippen molar-refractivity contribution in [2.75, 3.05) is 18.1 Å². The predicted octanol–water partition coefficient (Wildman–Crippen LogP) is 0.319. The van der Waals surface area contributed by atoms with Crippen LogP contribution in [-0.4, -0.2) is 46.0 Å². The van der Waals surface area contributed by atoms with Crippen LogP contribution in [-0.2, 0) is 9.59 Å². The number of amides is 1. The van der Waals surface area contributed by atoms with E-state index >= 15 is 0 Å². The van der Waals surface area contributed by atoms with Gasteiger partial charge in [-0.15, -0.1) is 11.8 Å². The van der Waals surface area contributed by atoms with Crippen LogP contribution in [0.3, 0.4) is 0 Å². The maximum absolute atomic E-state index is 11.6. The van der Waals surface area contributed by atoms with Crippen molar-refractivity contribution in [1.29, 1.82) is 5.26 Å². The number of rotatable bonds is 4. The number of carbonyl (C=O) groups is 2. The Morgan fingerprint density at radius 2 is 2.33 bits per heavy atom. The van der Waals surface area contributed by atoms with Crippen LogP contribution in [0.1, 0.15) is 12.8 Å². The summed E-state index contributed by atoms with van der Waals surface area (Å²) in [6, 6.07) is 1.26. The van der Waals surface area contributed by atoms with Crippen LogP contribution in [0.15, 0.2) is 0 Å². The lowest BCUT2D eigenvalue weighted by molar-refractivity contribution is -0.147. The zero-order chi connectivity index (χ0) is 11.3. The summed E-state index contributed by atoms with van der Waals surface area (Å²) in [6.07, 6.45) is 1.27. The second-order valence-corrected chi connectivity index (χ2v) is 4.22. The second-order valence-electron chi connectivity index (χ2n) is 3.23. The molecule has 1 aliphatic rings. The predicted molar refractivity (Wildman–Crippen MR) is 55.3 cm³/mol. The standard InChI is InChI=1S/C9H12N2O3S/c10-3-5-15-6-8(12)11-4-1-2-7(11)9(13)14/h7H,1-2,4-6H2,(H,13,14)/t7-/m1/s1. The van der Waals surface area contributed by atoms with Gasteiger partial charge in [-0.3, -0.25) is 4.79 Å². The van der Waals surface area contributed by atoms with Gasteiger partial charge in [0.15, 0.2) is 0 Å². The lowest BCUT2D eigenvalue weighted by Gasteiger charge is -2.20. The van der Waals surface area contributed by atoms with Gasteiger partial charge in [0.05, 0.1) is 17.6 Å². The van der Waals surface area contributed by atoms with E-state index in [0.717, 1.165) is 6.42 Å². The maximum Gasteiger partial charge on any atom is 0.326 e. The van der Waals surface area contributed by atoms with Crippen LogP contribution in [0.2, 0.25) is 0 Å². The lowest BCUT2D eigenvalue weighted by Crippen LogP contribution is -2.41. The minimum absolute atomic E-state index is 0.180. The van der Waals surface area contributed by atoms with E-state index in [4.69, 9.17) is 10.4 Å². The fraction of sp³-hybridized carbons (Fsp3) is 0.667. The Morgan fingerprint density at radius 1 is 1.60 bits per heavy atom. The number of hydrogen-bond donors (Lipinski definition) is 1. The topological polar surface area (TPSA) is 81.4 Å². The molecule has 1 saturated heterocycles. The first-order chi connectivity index (χ1) is 7.16. The van der Waals surface area contributed by atoms with Crippen molar-refractivity contribution in [2.45, 2.75) is 18.9 Å². The van der Waals surface area contributed by atoms with Crippen LogP contribution >= 0.6 is 11.8 Å². The van der Waals surface area contributed by atoms with E-state index in [9.17, 15) is 9.59 Å². The molecule has 1 N–H and O–H groups in total. The third-order valence-corrected chi connectivity index (χ3v) is 3.03. The van der Waals surface area contributed by atoms with Crippen molar-refractivity contribution in [2.24, 2.45) is 0 Å². The summed E-state index contributed by atoms with van der Waals surface area (Å²) in [5.41, 5.74) is 0. The summed E-state index contributed by atoms with van der Waals surface area (Å²) in [6.45, 7) is 0.517. The molecule has 0 radical (unpaired) electrons. The lowest BCUT2D eigenvalue weighted by atomic mass is 10.2. The average Bonchev–Trinajstić information content (AvgIpc) is 2.66. The zero-order valence-electron chi connectivity index (χ0n) is 8.18. The Morgan fingerprint density at radius 3 is 2.93 bits per heavy atom. The Kier molecular flexibility index (Phi) is 4.43. The summed E-state index contributed by atoms with van der Waals surface area (Å²) >= 11 is 1.22. The van der Waals surface area contributed by atoms with Crippen LogP contribution in [0, 0.1) is 11.3 Å². The van der Waals surface area contributed by atoms with Gasteiger partial charge in [-0.25, -0.2) is 4.79 Å². The van der Waals surface area contributed by atoms with E-state index in [1.54, 1.807) is 0 Å². The number of likely N-dealkylation sites (tertiary alicyclic amines) is 1. The molecule has 0 aromatic carbocycles. The van der Waals surface area contributed by atoms with Crippen LogP contribution in [0.5, 0.6) is 0 Å². The number of carbonyl (C=O) groups excluding carboxylic acids is 1. The Bertz CT molecular complexity index is 300. The molecule has 15 heavy (non-hydrogen) atoms. The normalized spacial score (nSPS) is 19.9. The maximum atomic E-state index is 11.6. The zero-order valence-corrected chi connectivity index (χ0v) is 9.00. The highest BCUT2D eigenvalue weighted by molar-refractivity contribution is 8.00. The summed E-state index contributed by atoms with van der Waals surface area (Å²) in [5, 5.41) is 17.1. The monoisotopic (exact) mass is 228 g/mol. The van der Waals surface area contributed by atoms with Gasteiger partial charge in [0.2, 0.25) is 5.91 Å². The first kappa shape index (κ1) is 11.9. The third kappa shape index (κ3) is 3.13. The highest BCUT2D eigenvalue weighted by atomic mass is 32.2. The molecule has 0 saturated carbocycles. The molecule has 0 aliphatic carbocycles. The summed E-state index contributed by atoms with van der Waals surface area (Å²) in [5.74, 6) is -0.666. The summed E-state index contributed by atoms with van der Waals surface area (Å²) in [7, 11) is 0. The highest BCUT2D eigenvalue weighted by Gasteiger charge is 2.33. The van der Waals surface area contributed by atoms with E-state index < -0.39 is 12.0 Å².